The fourth-order valence-corrected chi connectivity index (χ4v) is 4.70. The lowest BCUT2D eigenvalue weighted by molar-refractivity contribution is -0.106. The summed E-state index contributed by atoms with van der Waals surface area (Å²) in [6, 6.07) is 0.424. The lowest BCUT2D eigenvalue weighted by atomic mass is 9.57. The van der Waals surface area contributed by atoms with E-state index >= 15 is 0 Å². The van der Waals surface area contributed by atoms with Crippen molar-refractivity contribution in [1.82, 2.24) is 15.6 Å². The van der Waals surface area contributed by atoms with Crippen LogP contribution in [0.25, 0.3) is 0 Å². The number of aliphatic imine (C=N–C) groups is 1. The third-order valence-corrected chi connectivity index (χ3v) is 6.24. The summed E-state index contributed by atoms with van der Waals surface area (Å²) in [5.74, 6) is 1.50. The maximum atomic E-state index is 5.88. The second-order valence-electron chi connectivity index (χ2n) is 7.13. The number of nitrogens with zero attached hydrogens (tertiary/aromatic N) is 2. The molecule has 3 rings (SSSR count). The number of halogens is 1. The number of aromatic nitrogens is 1. The fraction of sp³-hybridized carbons (Fsp3) is 0.765. The molecule has 0 spiro atoms. The highest BCUT2D eigenvalue weighted by Crippen LogP contribution is 2.52. The zero-order valence-corrected chi connectivity index (χ0v) is 18.3. The van der Waals surface area contributed by atoms with E-state index in [1.807, 2.05) is 0 Å². The number of ether oxygens (including phenoxy) is 1. The Morgan fingerprint density at radius 2 is 2.17 bits per heavy atom. The minimum Gasteiger partial charge on any atom is -0.377 e. The Balaban J connectivity index is 0.00000208. The number of rotatable bonds is 4. The van der Waals surface area contributed by atoms with Crippen molar-refractivity contribution < 1.29 is 4.74 Å². The number of fused-ring (bicyclic) bond motifs is 1. The van der Waals surface area contributed by atoms with E-state index in [-0.39, 0.29) is 29.4 Å². The summed E-state index contributed by atoms with van der Waals surface area (Å²) in [5, 5.41) is 8.09. The Morgan fingerprint density at radius 3 is 2.79 bits per heavy atom. The van der Waals surface area contributed by atoms with Crippen LogP contribution >= 0.6 is 35.3 Å². The Labute approximate surface area is 166 Å². The number of hydrogen-bond donors (Lipinski definition) is 2. The van der Waals surface area contributed by atoms with E-state index in [1.54, 1.807) is 11.3 Å². The van der Waals surface area contributed by atoms with Crippen LogP contribution in [-0.4, -0.2) is 36.2 Å². The first-order valence-corrected chi connectivity index (χ1v) is 9.34. The minimum atomic E-state index is 0. The molecule has 7 heteroatoms. The molecule has 1 aliphatic carbocycles. The second-order valence-corrected chi connectivity index (χ2v) is 8.42. The number of hydrogen-bond acceptors (Lipinski definition) is 4. The van der Waals surface area contributed by atoms with E-state index in [4.69, 9.17) is 9.73 Å². The van der Waals surface area contributed by atoms with Crippen LogP contribution in [0.5, 0.6) is 0 Å². The molecule has 0 aromatic carbocycles. The summed E-state index contributed by atoms with van der Waals surface area (Å²) in [6.07, 6.45) is 1.54. The van der Waals surface area contributed by atoms with Crippen molar-refractivity contribution in [3.63, 3.8) is 0 Å². The van der Waals surface area contributed by atoms with Gasteiger partial charge in [0, 0.05) is 35.4 Å². The van der Waals surface area contributed by atoms with E-state index < -0.39 is 0 Å². The van der Waals surface area contributed by atoms with Gasteiger partial charge in [0.2, 0.25) is 0 Å². The molecule has 2 heterocycles. The molecule has 0 amide bonds. The van der Waals surface area contributed by atoms with E-state index in [0.29, 0.717) is 24.6 Å². The van der Waals surface area contributed by atoms with Crippen LogP contribution < -0.4 is 10.6 Å². The summed E-state index contributed by atoms with van der Waals surface area (Å²) in [4.78, 5) is 10.6. The SMILES string of the molecule is CCNC(=NCc1nc(C)c(C)s1)NC1C2CCOC2C1(C)C.I. The van der Waals surface area contributed by atoms with Gasteiger partial charge >= 0.3 is 0 Å². The molecular weight excluding hydrogens is 435 g/mol. The van der Waals surface area contributed by atoms with E-state index in [2.05, 4.69) is 50.2 Å². The minimum absolute atomic E-state index is 0. The molecule has 2 N–H and O–H groups in total. The van der Waals surface area contributed by atoms with E-state index in [1.165, 1.54) is 4.88 Å². The smallest absolute Gasteiger partial charge is 0.191 e. The normalized spacial score (nSPS) is 27.9. The molecule has 24 heavy (non-hydrogen) atoms. The molecule has 0 bridgehead atoms. The van der Waals surface area contributed by atoms with Gasteiger partial charge in [-0.2, -0.15) is 0 Å². The van der Waals surface area contributed by atoms with Crippen LogP contribution in [0.3, 0.4) is 0 Å². The third-order valence-electron chi connectivity index (χ3n) is 5.18. The fourth-order valence-electron chi connectivity index (χ4n) is 3.84. The molecule has 0 radical (unpaired) electrons. The van der Waals surface area contributed by atoms with E-state index in [9.17, 15) is 0 Å². The number of aryl methyl sites for hydroxylation is 2. The standard InChI is InChI=1S/C17H28N4OS.HI/c1-6-18-16(19-9-13-20-10(2)11(3)23-13)21-14-12-7-8-22-15(12)17(14,4)5;/h12,14-15H,6-9H2,1-5H3,(H2,18,19,21);1H. The Hall–Kier alpha value is -0.410. The third kappa shape index (κ3) is 3.72. The summed E-state index contributed by atoms with van der Waals surface area (Å²) >= 11 is 1.73. The van der Waals surface area contributed by atoms with Crippen molar-refractivity contribution in [2.45, 2.75) is 59.7 Å². The first-order valence-electron chi connectivity index (χ1n) is 8.52. The van der Waals surface area contributed by atoms with Gasteiger partial charge in [0.1, 0.15) is 5.01 Å². The molecular formula is C17H29IN4OS. The summed E-state index contributed by atoms with van der Waals surface area (Å²) in [6.45, 7) is 13.2. The van der Waals surface area contributed by atoms with Gasteiger partial charge in [0.05, 0.1) is 18.3 Å². The molecule has 1 aromatic heterocycles. The lowest BCUT2D eigenvalue weighted by Gasteiger charge is -2.54. The van der Waals surface area contributed by atoms with Crippen molar-refractivity contribution >= 4 is 41.3 Å². The van der Waals surface area contributed by atoms with Crippen LogP contribution in [-0.2, 0) is 11.3 Å². The van der Waals surface area contributed by atoms with Crippen LogP contribution in [0.1, 0.15) is 42.8 Å². The topological polar surface area (TPSA) is 58.5 Å². The van der Waals surface area contributed by atoms with Crippen molar-refractivity contribution in [2.75, 3.05) is 13.2 Å². The largest absolute Gasteiger partial charge is 0.377 e. The van der Waals surface area contributed by atoms with Gasteiger partial charge in [-0.05, 0) is 27.2 Å². The van der Waals surface area contributed by atoms with Gasteiger partial charge in [-0.3, -0.25) is 0 Å². The van der Waals surface area contributed by atoms with Crippen LogP contribution in [0.4, 0.5) is 0 Å². The van der Waals surface area contributed by atoms with E-state index in [0.717, 1.165) is 36.2 Å². The van der Waals surface area contributed by atoms with Crippen molar-refractivity contribution in [3.05, 3.63) is 15.6 Å². The molecule has 1 saturated carbocycles. The molecule has 1 aliphatic heterocycles. The van der Waals surface area contributed by atoms with Crippen LogP contribution in [0, 0.1) is 25.2 Å². The van der Waals surface area contributed by atoms with Gasteiger partial charge in [0.15, 0.2) is 5.96 Å². The van der Waals surface area contributed by atoms with Crippen molar-refractivity contribution in [1.29, 1.82) is 0 Å². The highest BCUT2D eigenvalue weighted by molar-refractivity contribution is 14.0. The predicted octanol–water partition coefficient (Wildman–Crippen LogP) is 3.25. The van der Waals surface area contributed by atoms with Gasteiger partial charge in [-0.25, -0.2) is 9.98 Å². The average Bonchev–Trinajstić information content (AvgIpc) is 3.08. The maximum Gasteiger partial charge on any atom is 0.191 e. The first kappa shape index (κ1) is 19.9. The summed E-state index contributed by atoms with van der Waals surface area (Å²) in [7, 11) is 0. The summed E-state index contributed by atoms with van der Waals surface area (Å²) < 4.78 is 5.88. The maximum absolute atomic E-state index is 5.88. The van der Waals surface area contributed by atoms with Gasteiger partial charge in [-0.1, -0.05) is 13.8 Å². The molecule has 2 fully saturated rings. The molecule has 5 nitrogen and oxygen atoms in total. The molecule has 136 valence electrons. The number of nitrogens with one attached hydrogen (secondary N) is 2. The Bertz CT molecular complexity index is 582. The van der Waals surface area contributed by atoms with Gasteiger partial charge in [0.25, 0.3) is 0 Å². The zero-order valence-electron chi connectivity index (χ0n) is 15.2. The molecule has 3 unspecified atom stereocenters. The summed E-state index contributed by atoms with van der Waals surface area (Å²) in [5.41, 5.74) is 1.27. The van der Waals surface area contributed by atoms with Crippen LogP contribution in [0.15, 0.2) is 4.99 Å². The zero-order chi connectivity index (χ0) is 16.6. The number of thiazole rings is 1. The monoisotopic (exact) mass is 464 g/mol. The van der Waals surface area contributed by atoms with Gasteiger partial charge in [-0.15, -0.1) is 35.3 Å². The second kappa shape index (κ2) is 7.86. The number of guanidine groups is 1. The quantitative estimate of drug-likeness (QED) is 0.408. The molecule has 1 saturated heterocycles. The first-order chi connectivity index (χ1) is 10.9. The highest BCUT2D eigenvalue weighted by Gasteiger charge is 2.59. The van der Waals surface area contributed by atoms with Gasteiger partial charge < -0.3 is 15.4 Å². The molecule has 1 aromatic rings. The Morgan fingerprint density at radius 1 is 1.42 bits per heavy atom. The molecule has 3 atom stereocenters. The predicted molar refractivity (Wildman–Crippen MR) is 110 cm³/mol. The van der Waals surface area contributed by atoms with Crippen molar-refractivity contribution in [3.8, 4) is 0 Å². The van der Waals surface area contributed by atoms with Crippen LogP contribution in [0.2, 0.25) is 0 Å². The Kier molecular flexibility index (Phi) is 6.52. The van der Waals surface area contributed by atoms with Crippen molar-refractivity contribution in [2.24, 2.45) is 16.3 Å². The highest BCUT2D eigenvalue weighted by atomic mass is 127. The molecule has 2 aliphatic rings. The lowest BCUT2D eigenvalue weighted by Crippen LogP contribution is -2.67. The average molecular weight is 464 g/mol.